The third kappa shape index (κ3) is 4.87. The van der Waals surface area contributed by atoms with E-state index in [9.17, 15) is 8.42 Å². The molecule has 3 N–H and O–H groups in total. The topological polar surface area (TPSA) is 72.2 Å². The predicted octanol–water partition coefficient (Wildman–Crippen LogP) is 3.78. The summed E-state index contributed by atoms with van der Waals surface area (Å²) in [7, 11) is -3.68. The quantitative estimate of drug-likeness (QED) is 0.599. The minimum Gasteiger partial charge on any atom is -0.308 e. The molecule has 3 aromatic rings. The highest BCUT2D eigenvalue weighted by molar-refractivity contribution is 7.88. The Morgan fingerprint density at radius 2 is 1.36 bits per heavy atom. The summed E-state index contributed by atoms with van der Waals surface area (Å²) in [5.74, 6) is -0.105. The van der Waals surface area contributed by atoms with Crippen molar-refractivity contribution in [3.8, 4) is 0 Å². The van der Waals surface area contributed by atoms with E-state index in [1.54, 1.807) is 0 Å². The summed E-state index contributed by atoms with van der Waals surface area (Å²) in [6.07, 6.45) is 0.351. The lowest BCUT2D eigenvalue weighted by molar-refractivity contribution is 0.404. The molecule has 0 radical (unpaired) electrons. The second-order valence-electron chi connectivity index (χ2n) is 7.23. The van der Waals surface area contributed by atoms with Gasteiger partial charge in [0.1, 0.15) is 5.66 Å². The maximum absolute atomic E-state index is 13.1. The largest absolute Gasteiger partial charge is 0.308 e. The molecule has 0 saturated heterocycles. The number of nitrogens with one attached hydrogen (secondary N) is 1. The first-order valence-electron chi connectivity index (χ1n) is 9.24. The van der Waals surface area contributed by atoms with Crippen LogP contribution in [0.15, 0.2) is 78.9 Å². The molecule has 4 nitrogen and oxygen atoms in total. The van der Waals surface area contributed by atoms with Crippen molar-refractivity contribution in [2.45, 2.75) is 31.7 Å². The van der Waals surface area contributed by atoms with E-state index in [-0.39, 0.29) is 5.75 Å². The van der Waals surface area contributed by atoms with Crippen molar-refractivity contribution in [3.05, 3.63) is 107 Å². The van der Waals surface area contributed by atoms with Gasteiger partial charge in [0.05, 0.1) is 5.75 Å². The average Bonchev–Trinajstić information content (AvgIpc) is 2.66. The molecule has 0 spiro atoms. The summed E-state index contributed by atoms with van der Waals surface area (Å²) in [4.78, 5) is 0. The van der Waals surface area contributed by atoms with Crippen LogP contribution in [0.1, 0.15) is 27.8 Å². The number of sulfonamides is 1. The molecule has 0 aromatic heterocycles. The van der Waals surface area contributed by atoms with Crippen LogP contribution in [0.3, 0.4) is 0 Å². The molecule has 3 aromatic carbocycles. The fraction of sp³-hybridized carbons (Fsp3) is 0.217. The molecule has 28 heavy (non-hydrogen) atoms. The first-order valence-corrected chi connectivity index (χ1v) is 10.9. The van der Waals surface area contributed by atoms with Crippen molar-refractivity contribution >= 4 is 10.0 Å². The van der Waals surface area contributed by atoms with Crippen LogP contribution in [-0.2, 0) is 27.9 Å². The van der Waals surface area contributed by atoms with Crippen LogP contribution in [0.25, 0.3) is 0 Å². The standard InChI is InChI=1S/C23H26N2O2S/c1-18-10-9-11-19(2)22(18)17-28(26,27)25-23(24,21-14-7-4-8-15-21)16-20-12-5-3-6-13-20/h3-15,25H,16-17,24H2,1-2H3. The second kappa shape index (κ2) is 8.27. The van der Waals surface area contributed by atoms with Gasteiger partial charge in [-0.2, -0.15) is 4.72 Å². The van der Waals surface area contributed by atoms with E-state index in [0.29, 0.717) is 6.42 Å². The van der Waals surface area contributed by atoms with E-state index in [1.165, 1.54) is 0 Å². The normalized spacial score (nSPS) is 13.8. The molecule has 0 aliphatic carbocycles. The molecule has 0 saturated carbocycles. The number of aryl methyl sites for hydroxylation is 2. The third-order valence-electron chi connectivity index (χ3n) is 4.93. The van der Waals surface area contributed by atoms with Crippen LogP contribution < -0.4 is 10.5 Å². The van der Waals surface area contributed by atoms with Crippen molar-refractivity contribution in [3.63, 3.8) is 0 Å². The highest BCUT2D eigenvalue weighted by Crippen LogP contribution is 2.24. The smallest absolute Gasteiger partial charge is 0.217 e. The second-order valence-corrected chi connectivity index (χ2v) is 8.95. The zero-order chi connectivity index (χ0) is 20.2. The van der Waals surface area contributed by atoms with Crippen molar-refractivity contribution in [2.75, 3.05) is 0 Å². The van der Waals surface area contributed by atoms with Gasteiger partial charge in [-0.05, 0) is 41.7 Å². The average molecular weight is 395 g/mol. The lowest BCUT2D eigenvalue weighted by atomic mass is 9.94. The van der Waals surface area contributed by atoms with E-state index < -0.39 is 15.7 Å². The minimum absolute atomic E-state index is 0.105. The highest BCUT2D eigenvalue weighted by atomic mass is 32.2. The molecule has 0 aliphatic heterocycles. The van der Waals surface area contributed by atoms with Crippen LogP contribution in [0.4, 0.5) is 0 Å². The summed E-state index contributed by atoms with van der Waals surface area (Å²) in [6, 6.07) is 24.8. The van der Waals surface area contributed by atoms with E-state index in [4.69, 9.17) is 5.73 Å². The SMILES string of the molecule is Cc1cccc(C)c1CS(=O)(=O)NC(N)(Cc1ccccc1)c1ccccc1. The lowest BCUT2D eigenvalue weighted by Crippen LogP contribution is -2.54. The third-order valence-corrected chi connectivity index (χ3v) is 6.28. The van der Waals surface area contributed by atoms with Crippen LogP contribution >= 0.6 is 0 Å². The van der Waals surface area contributed by atoms with Gasteiger partial charge >= 0.3 is 0 Å². The molecule has 0 aliphatic rings. The minimum atomic E-state index is -3.68. The van der Waals surface area contributed by atoms with Crippen molar-refractivity contribution < 1.29 is 8.42 Å². The van der Waals surface area contributed by atoms with Crippen molar-refractivity contribution in [1.82, 2.24) is 4.72 Å². The fourth-order valence-corrected chi connectivity index (χ4v) is 5.08. The van der Waals surface area contributed by atoms with Gasteiger partial charge in [-0.15, -0.1) is 0 Å². The Bertz CT molecular complexity index is 1010. The maximum Gasteiger partial charge on any atom is 0.217 e. The molecule has 0 heterocycles. The van der Waals surface area contributed by atoms with E-state index >= 15 is 0 Å². The number of hydrogen-bond acceptors (Lipinski definition) is 3. The molecule has 1 atom stereocenters. The highest BCUT2D eigenvalue weighted by Gasteiger charge is 2.33. The zero-order valence-corrected chi connectivity index (χ0v) is 17.0. The molecule has 3 rings (SSSR count). The molecule has 146 valence electrons. The Morgan fingerprint density at radius 1 is 0.821 bits per heavy atom. The molecular weight excluding hydrogens is 368 g/mol. The summed E-state index contributed by atoms with van der Waals surface area (Å²) in [6.45, 7) is 3.85. The number of rotatable bonds is 7. The Hall–Kier alpha value is -2.47. The van der Waals surface area contributed by atoms with E-state index in [2.05, 4.69) is 4.72 Å². The Kier molecular flexibility index (Phi) is 5.98. The molecule has 0 amide bonds. The number of benzene rings is 3. The van der Waals surface area contributed by atoms with Gasteiger partial charge in [0.25, 0.3) is 0 Å². The van der Waals surface area contributed by atoms with Gasteiger partial charge in [0, 0.05) is 6.42 Å². The summed E-state index contributed by atoms with van der Waals surface area (Å²) >= 11 is 0. The Balaban J connectivity index is 1.95. The summed E-state index contributed by atoms with van der Waals surface area (Å²) < 4.78 is 29.0. The van der Waals surface area contributed by atoms with Crippen molar-refractivity contribution in [2.24, 2.45) is 5.73 Å². The first kappa shape index (κ1) is 20.3. The summed E-state index contributed by atoms with van der Waals surface area (Å²) in [5, 5.41) is 0. The van der Waals surface area contributed by atoms with Crippen molar-refractivity contribution in [1.29, 1.82) is 0 Å². The number of hydrogen-bond donors (Lipinski definition) is 2. The van der Waals surface area contributed by atoms with Gasteiger partial charge in [-0.3, -0.25) is 0 Å². The van der Waals surface area contributed by atoms with Gasteiger partial charge in [0.2, 0.25) is 10.0 Å². The zero-order valence-electron chi connectivity index (χ0n) is 16.2. The van der Waals surface area contributed by atoms with Crippen LogP contribution in [0.2, 0.25) is 0 Å². The van der Waals surface area contributed by atoms with Crippen LogP contribution in [-0.4, -0.2) is 8.42 Å². The van der Waals surface area contributed by atoms with E-state index in [0.717, 1.165) is 27.8 Å². The van der Waals surface area contributed by atoms with Gasteiger partial charge in [0.15, 0.2) is 0 Å². The monoisotopic (exact) mass is 394 g/mol. The van der Waals surface area contributed by atoms with Crippen LogP contribution in [0, 0.1) is 13.8 Å². The summed E-state index contributed by atoms with van der Waals surface area (Å²) in [5.41, 5.74) is 9.85. The van der Waals surface area contributed by atoms with E-state index in [1.807, 2.05) is 92.7 Å². The molecular formula is C23H26N2O2S. The van der Waals surface area contributed by atoms with Gasteiger partial charge in [-0.25, -0.2) is 8.42 Å². The maximum atomic E-state index is 13.1. The molecule has 0 fully saturated rings. The first-order chi connectivity index (χ1) is 13.3. The molecule has 1 unspecified atom stereocenters. The van der Waals surface area contributed by atoms with Crippen LogP contribution in [0.5, 0.6) is 0 Å². The fourth-order valence-electron chi connectivity index (χ4n) is 3.43. The lowest BCUT2D eigenvalue weighted by Gasteiger charge is -2.31. The number of nitrogens with two attached hydrogens (primary N) is 1. The van der Waals surface area contributed by atoms with Gasteiger partial charge in [-0.1, -0.05) is 78.9 Å². The predicted molar refractivity (Wildman–Crippen MR) is 114 cm³/mol. The Morgan fingerprint density at radius 3 is 1.93 bits per heavy atom. The van der Waals surface area contributed by atoms with Gasteiger partial charge < -0.3 is 5.73 Å². The molecule has 5 heteroatoms. The molecule has 0 bridgehead atoms. The Labute approximate surface area is 167 Å².